The van der Waals surface area contributed by atoms with Gasteiger partial charge in [-0.15, -0.1) is 0 Å². The molecule has 0 unspecified atom stereocenters. The molecule has 0 spiro atoms. The maximum Gasteiger partial charge on any atom is 0.339 e. The summed E-state index contributed by atoms with van der Waals surface area (Å²) in [6.45, 7) is 7.54. The molecule has 8 nitrogen and oxygen atoms in total. The second-order valence-corrected chi connectivity index (χ2v) is 6.32. The first-order valence-electron chi connectivity index (χ1n) is 8.76. The van der Waals surface area contributed by atoms with Gasteiger partial charge < -0.3 is 24.6 Å². The number of methoxy groups -OCH3 is 2. The Kier molecular flexibility index (Phi) is 7.11. The molecule has 1 fully saturated rings. The first kappa shape index (κ1) is 19.9. The third-order valence-electron chi connectivity index (χ3n) is 4.69. The van der Waals surface area contributed by atoms with E-state index in [9.17, 15) is 14.4 Å². The van der Waals surface area contributed by atoms with Crippen LogP contribution in [0.15, 0.2) is 18.2 Å². The van der Waals surface area contributed by atoms with Gasteiger partial charge in [0, 0.05) is 0 Å². The van der Waals surface area contributed by atoms with Crippen LogP contribution in [0.4, 0.5) is 5.69 Å². The minimum atomic E-state index is -0.579. The summed E-state index contributed by atoms with van der Waals surface area (Å²) in [5.74, 6) is -1.32. The summed E-state index contributed by atoms with van der Waals surface area (Å²) < 4.78 is 9.44. The first-order chi connectivity index (χ1) is 12.5. The number of hydrogen-bond acceptors (Lipinski definition) is 5. The normalized spacial score (nSPS) is 19.5. The van der Waals surface area contributed by atoms with Gasteiger partial charge in [0.25, 0.3) is 5.91 Å². The van der Waals surface area contributed by atoms with Crippen LogP contribution in [0.3, 0.4) is 0 Å². The number of amides is 1. The van der Waals surface area contributed by atoms with Gasteiger partial charge in [0.2, 0.25) is 0 Å². The number of nitrogens with one attached hydrogen (secondary N) is 3. The lowest BCUT2D eigenvalue weighted by Crippen LogP contribution is -3.28. The second-order valence-electron chi connectivity index (χ2n) is 6.32. The van der Waals surface area contributed by atoms with Crippen LogP contribution in [0.25, 0.3) is 0 Å². The van der Waals surface area contributed by atoms with Crippen molar-refractivity contribution in [2.75, 3.05) is 58.8 Å². The summed E-state index contributed by atoms with van der Waals surface area (Å²) in [4.78, 5) is 38.8. The Labute approximate surface area is 153 Å². The standard InChI is InChI=1S/C18H25N3O5/c1-4-20-7-9-21(10-8-20)12-16(22)19-15-11-13(17(23)25-2)5-6-14(15)18(24)26-3/h5-6,11H,4,7-10,12H2,1-3H3,(H,19,22)/p+2. The van der Waals surface area contributed by atoms with E-state index < -0.39 is 11.9 Å². The van der Waals surface area contributed by atoms with E-state index in [4.69, 9.17) is 9.47 Å². The molecule has 8 heteroatoms. The fourth-order valence-corrected chi connectivity index (χ4v) is 3.09. The highest BCUT2D eigenvalue weighted by Gasteiger charge is 2.24. The summed E-state index contributed by atoms with van der Waals surface area (Å²) in [5.41, 5.74) is 0.702. The number of carbonyl (C=O) groups excluding carboxylic acids is 3. The molecule has 2 rings (SSSR count). The van der Waals surface area contributed by atoms with E-state index >= 15 is 0 Å². The largest absolute Gasteiger partial charge is 0.465 e. The molecule has 1 aliphatic rings. The van der Waals surface area contributed by atoms with Crippen LogP contribution in [-0.2, 0) is 14.3 Å². The number of ether oxygens (including phenoxy) is 2. The molecule has 0 bridgehead atoms. The number of anilines is 1. The SMILES string of the molecule is CC[NH+]1CC[NH+](CC(=O)Nc2cc(C(=O)OC)ccc2C(=O)OC)CC1. The summed E-state index contributed by atoms with van der Waals surface area (Å²) in [7, 11) is 2.54. The Morgan fingerprint density at radius 1 is 1.00 bits per heavy atom. The van der Waals surface area contributed by atoms with E-state index in [0.29, 0.717) is 6.54 Å². The maximum absolute atomic E-state index is 12.4. The fraction of sp³-hybridized carbons (Fsp3) is 0.500. The average Bonchev–Trinajstić information content (AvgIpc) is 2.67. The van der Waals surface area contributed by atoms with Crippen molar-refractivity contribution in [3.63, 3.8) is 0 Å². The lowest BCUT2D eigenvalue weighted by atomic mass is 10.1. The Bertz CT molecular complexity index is 669. The van der Waals surface area contributed by atoms with E-state index in [1.807, 2.05) is 0 Å². The van der Waals surface area contributed by atoms with Crippen molar-refractivity contribution in [1.82, 2.24) is 0 Å². The molecule has 1 heterocycles. The quantitative estimate of drug-likeness (QED) is 0.508. The van der Waals surface area contributed by atoms with Crippen LogP contribution in [0, 0.1) is 0 Å². The first-order valence-corrected chi connectivity index (χ1v) is 8.76. The summed E-state index contributed by atoms with van der Waals surface area (Å²) in [6, 6.07) is 4.35. The van der Waals surface area contributed by atoms with Crippen LogP contribution in [0.2, 0.25) is 0 Å². The van der Waals surface area contributed by atoms with E-state index in [1.165, 1.54) is 37.3 Å². The van der Waals surface area contributed by atoms with Crippen LogP contribution >= 0.6 is 0 Å². The monoisotopic (exact) mass is 365 g/mol. The number of hydrogen-bond donors (Lipinski definition) is 3. The Hall–Kier alpha value is -2.45. The zero-order chi connectivity index (χ0) is 19.1. The van der Waals surface area contributed by atoms with Gasteiger partial charge in [-0.05, 0) is 25.1 Å². The van der Waals surface area contributed by atoms with E-state index in [1.54, 1.807) is 4.90 Å². The zero-order valence-corrected chi connectivity index (χ0v) is 15.5. The van der Waals surface area contributed by atoms with Gasteiger partial charge in [-0.3, -0.25) is 4.79 Å². The molecule has 0 aliphatic carbocycles. The number of esters is 2. The highest BCUT2D eigenvalue weighted by molar-refractivity contribution is 6.03. The van der Waals surface area contributed by atoms with Crippen molar-refractivity contribution in [2.24, 2.45) is 0 Å². The van der Waals surface area contributed by atoms with E-state index in [-0.39, 0.29) is 22.7 Å². The number of rotatable bonds is 6. The third kappa shape index (κ3) is 5.03. The molecule has 0 radical (unpaired) electrons. The third-order valence-corrected chi connectivity index (χ3v) is 4.69. The van der Waals surface area contributed by atoms with Crippen LogP contribution < -0.4 is 15.1 Å². The molecule has 1 saturated heterocycles. The molecule has 1 aromatic carbocycles. The van der Waals surface area contributed by atoms with E-state index in [2.05, 4.69) is 12.2 Å². The summed E-state index contributed by atoms with van der Waals surface area (Å²) in [6.07, 6.45) is 0. The smallest absolute Gasteiger partial charge is 0.339 e. The fourth-order valence-electron chi connectivity index (χ4n) is 3.09. The van der Waals surface area contributed by atoms with Gasteiger partial charge >= 0.3 is 11.9 Å². The number of likely N-dealkylation sites (N-methyl/N-ethyl adjacent to an activating group) is 1. The number of benzene rings is 1. The lowest BCUT2D eigenvalue weighted by molar-refractivity contribution is -1.01. The molecule has 26 heavy (non-hydrogen) atoms. The average molecular weight is 365 g/mol. The molecular formula is C18H27N3O5+2. The van der Waals surface area contributed by atoms with Crippen LogP contribution in [-0.4, -0.2) is 71.3 Å². The number of quaternary nitrogens is 2. The van der Waals surface area contributed by atoms with Gasteiger partial charge in [0.05, 0.1) is 37.6 Å². The molecule has 0 atom stereocenters. The minimum absolute atomic E-state index is 0.198. The predicted octanol–water partition coefficient (Wildman–Crippen LogP) is -2.00. The van der Waals surface area contributed by atoms with Crippen molar-refractivity contribution in [1.29, 1.82) is 0 Å². The summed E-state index contributed by atoms with van der Waals surface area (Å²) >= 11 is 0. The highest BCUT2D eigenvalue weighted by atomic mass is 16.5. The summed E-state index contributed by atoms with van der Waals surface area (Å²) in [5, 5.41) is 2.74. The molecule has 0 aromatic heterocycles. The van der Waals surface area contributed by atoms with Crippen LogP contribution in [0.5, 0.6) is 0 Å². The van der Waals surface area contributed by atoms with E-state index in [0.717, 1.165) is 32.7 Å². The van der Waals surface area contributed by atoms with Gasteiger partial charge in [0.1, 0.15) is 26.2 Å². The number of piperazine rings is 1. The molecular weight excluding hydrogens is 338 g/mol. The van der Waals surface area contributed by atoms with Gasteiger partial charge in [-0.25, -0.2) is 9.59 Å². The predicted molar refractivity (Wildman–Crippen MR) is 94.6 cm³/mol. The minimum Gasteiger partial charge on any atom is -0.465 e. The van der Waals surface area contributed by atoms with Gasteiger partial charge in [-0.2, -0.15) is 0 Å². The van der Waals surface area contributed by atoms with Gasteiger partial charge in [-0.1, -0.05) is 0 Å². The number of carbonyl (C=O) groups is 3. The second kappa shape index (κ2) is 9.30. The molecule has 142 valence electrons. The van der Waals surface area contributed by atoms with Gasteiger partial charge in [0.15, 0.2) is 6.54 Å². The van der Waals surface area contributed by atoms with Crippen molar-refractivity contribution >= 4 is 23.5 Å². The van der Waals surface area contributed by atoms with Crippen molar-refractivity contribution < 1.29 is 33.7 Å². The Balaban J connectivity index is 2.09. The van der Waals surface area contributed by atoms with Crippen molar-refractivity contribution in [3.05, 3.63) is 29.3 Å². The topological polar surface area (TPSA) is 90.6 Å². The Morgan fingerprint density at radius 2 is 1.62 bits per heavy atom. The molecule has 1 aromatic rings. The van der Waals surface area contributed by atoms with Crippen molar-refractivity contribution in [3.8, 4) is 0 Å². The molecule has 3 N–H and O–H groups in total. The highest BCUT2D eigenvalue weighted by Crippen LogP contribution is 2.19. The molecule has 0 saturated carbocycles. The Morgan fingerprint density at radius 3 is 2.19 bits per heavy atom. The van der Waals surface area contributed by atoms with Crippen molar-refractivity contribution in [2.45, 2.75) is 6.92 Å². The maximum atomic E-state index is 12.4. The zero-order valence-electron chi connectivity index (χ0n) is 15.5. The molecule has 1 amide bonds. The van der Waals surface area contributed by atoms with Crippen LogP contribution in [0.1, 0.15) is 27.6 Å². The lowest BCUT2D eigenvalue weighted by Gasteiger charge is -2.28. The molecule has 1 aliphatic heterocycles.